The summed E-state index contributed by atoms with van der Waals surface area (Å²) >= 11 is 0. The zero-order chi connectivity index (χ0) is 13.8. The molecule has 1 fully saturated rings. The molecule has 3 heteroatoms. The lowest BCUT2D eigenvalue weighted by Gasteiger charge is -2.29. The van der Waals surface area contributed by atoms with E-state index >= 15 is 0 Å². The second-order valence-corrected chi connectivity index (χ2v) is 5.65. The van der Waals surface area contributed by atoms with Crippen LogP contribution < -0.4 is 0 Å². The lowest BCUT2D eigenvalue weighted by atomic mass is 10.0. The lowest BCUT2D eigenvalue weighted by Crippen LogP contribution is -2.39. The van der Waals surface area contributed by atoms with Crippen molar-refractivity contribution < 1.29 is 9.90 Å². The van der Waals surface area contributed by atoms with Gasteiger partial charge in [0.1, 0.15) is 0 Å². The van der Waals surface area contributed by atoms with E-state index in [-0.39, 0.29) is 11.9 Å². The number of aliphatic hydroxyl groups is 1. The van der Waals surface area contributed by atoms with Crippen LogP contribution in [0.1, 0.15) is 40.7 Å². The molecular formula is C16H23NO2. The van der Waals surface area contributed by atoms with Crippen molar-refractivity contribution in [3.8, 4) is 0 Å². The first kappa shape index (κ1) is 14.2. The number of nitrogens with zero attached hydrogens (tertiary/aromatic N) is 1. The predicted molar refractivity (Wildman–Crippen MR) is 76.5 cm³/mol. The maximum Gasteiger partial charge on any atom is 0.164 e. The molecule has 0 bridgehead atoms. The van der Waals surface area contributed by atoms with E-state index in [2.05, 4.69) is 11.0 Å². The van der Waals surface area contributed by atoms with E-state index in [9.17, 15) is 9.90 Å². The first-order valence-corrected chi connectivity index (χ1v) is 7.06. The molecule has 19 heavy (non-hydrogen) atoms. The van der Waals surface area contributed by atoms with Gasteiger partial charge in [-0.1, -0.05) is 17.2 Å². The summed E-state index contributed by atoms with van der Waals surface area (Å²) in [5, 5.41) is 9.61. The molecule has 1 aromatic rings. The molecule has 3 nitrogen and oxygen atoms in total. The van der Waals surface area contributed by atoms with Gasteiger partial charge < -0.3 is 10.0 Å². The summed E-state index contributed by atoms with van der Waals surface area (Å²) in [5.41, 5.74) is 3.09. The molecule has 1 atom stereocenters. The Balaban J connectivity index is 1.90. The van der Waals surface area contributed by atoms with E-state index in [4.69, 9.17) is 0 Å². The molecule has 1 aliphatic rings. The quantitative estimate of drug-likeness (QED) is 0.846. The van der Waals surface area contributed by atoms with Gasteiger partial charge in [-0.15, -0.1) is 0 Å². The fourth-order valence-corrected chi connectivity index (χ4v) is 2.77. The molecule has 1 aromatic carbocycles. The summed E-state index contributed by atoms with van der Waals surface area (Å²) in [6.07, 6.45) is 2.24. The van der Waals surface area contributed by atoms with Crippen LogP contribution in [0, 0.1) is 13.8 Å². The van der Waals surface area contributed by atoms with Crippen LogP contribution >= 0.6 is 0 Å². The molecule has 1 heterocycles. The Kier molecular flexibility index (Phi) is 4.72. The molecule has 0 radical (unpaired) electrons. The van der Waals surface area contributed by atoms with Crippen LogP contribution in [0.25, 0.3) is 0 Å². The maximum absolute atomic E-state index is 12.2. The highest BCUT2D eigenvalue weighted by Gasteiger charge is 2.18. The minimum atomic E-state index is -0.218. The molecule has 0 aromatic heterocycles. The van der Waals surface area contributed by atoms with Gasteiger partial charge in [0.05, 0.1) is 6.10 Å². The Labute approximate surface area is 115 Å². The zero-order valence-corrected chi connectivity index (χ0v) is 11.9. The average Bonchev–Trinajstić information content (AvgIpc) is 2.35. The van der Waals surface area contributed by atoms with Gasteiger partial charge in [-0.3, -0.25) is 4.79 Å². The molecule has 104 valence electrons. The minimum Gasteiger partial charge on any atom is -0.392 e. The van der Waals surface area contributed by atoms with Crippen molar-refractivity contribution in [2.24, 2.45) is 0 Å². The Morgan fingerprint density at radius 1 is 1.32 bits per heavy atom. The van der Waals surface area contributed by atoms with Gasteiger partial charge in [-0.25, -0.2) is 0 Å². The summed E-state index contributed by atoms with van der Waals surface area (Å²) < 4.78 is 0. The van der Waals surface area contributed by atoms with Crippen molar-refractivity contribution in [2.45, 2.75) is 39.2 Å². The predicted octanol–water partition coefficient (Wildman–Crippen LogP) is 2.33. The summed E-state index contributed by atoms with van der Waals surface area (Å²) in [6, 6.07) is 6.00. The van der Waals surface area contributed by atoms with Gasteiger partial charge in [-0.2, -0.15) is 0 Å². The lowest BCUT2D eigenvalue weighted by molar-refractivity contribution is 0.0670. The summed E-state index contributed by atoms with van der Waals surface area (Å²) in [6.45, 7) is 6.50. The number of likely N-dealkylation sites (tertiary alicyclic amines) is 1. The highest BCUT2D eigenvalue weighted by molar-refractivity contribution is 5.96. The number of aliphatic hydroxyl groups excluding tert-OH is 1. The van der Waals surface area contributed by atoms with E-state index < -0.39 is 0 Å². The van der Waals surface area contributed by atoms with Crippen LogP contribution in [-0.4, -0.2) is 41.5 Å². The number of carbonyl (C=O) groups excluding carboxylic acids is 1. The van der Waals surface area contributed by atoms with Gasteiger partial charge in [0.25, 0.3) is 0 Å². The van der Waals surface area contributed by atoms with Crippen molar-refractivity contribution in [3.05, 3.63) is 34.9 Å². The van der Waals surface area contributed by atoms with Crippen molar-refractivity contribution in [3.63, 3.8) is 0 Å². The van der Waals surface area contributed by atoms with Crippen LogP contribution in [0.3, 0.4) is 0 Å². The first-order valence-electron chi connectivity index (χ1n) is 7.06. The van der Waals surface area contributed by atoms with Gasteiger partial charge in [0, 0.05) is 25.1 Å². The Morgan fingerprint density at radius 3 is 2.63 bits per heavy atom. The number of aryl methyl sites for hydroxylation is 2. The van der Waals surface area contributed by atoms with Crippen LogP contribution in [0.15, 0.2) is 18.2 Å². The number of carbonyl (C=O) groups is 1. The van der Waals surface area contributed by atoms with Crippen molar-refractivity contribution in [2.75, 3.05) is 19.6 Å². The molecule has 1 aliphatic heterocycles. The standard InChI is InChI=1S/C16H23NO2/c1-12-8-13(2)10-14(9-12)16(19)5-7-17-6-3-4-15(18)11-17/h8-10,15,18H,3-7,11H2,1-2H3. The normalized spacial score (nSPS) is 20.5. The number of hydrogen-bond donors (Lipinski definition) is 1. The van der Waals surface area contributed by atoms with Crippen molar-refractivity contribution in [1.82, 2.24) is 4.90 Å². The summed E-state index contributed by atoms with van der Waals surface area (Å²) in [7, 11) is 0. The zero-order valence-electron chi connectivity index (χ0n) is 11.9. The van der Waals surface area contributed by atoms with Gasteiger partial charge in [0.2, 0.25) is 0 Å². The second-order valence-electron chi connectivity index (χ2n) is 5.65. The van der Waals surface area contributed by atoms with Gasteiger partial charge in [0.15, 0.2) is 5.78 Å². The molecular weight excluding hydrogens is 238 g/mol. The molecule has 1 unspecified atom stereocenters. The van der Waals surface area contributed by atoms with E-state index in [1.165, 1.54) is 0 Å². The molecule has 0 spiro atoms. The van der Waals surface area contributed by atoms with Crippen LogP contribution in [0.4, 0.5) is 0 Å². The van der Waals surface area contributed by atoms with Gasteiger partial charge in [-0.05, 0) is 45.4 Å². The number of benzene rings is 1. The molecule has 2 rings (SSSR count). The van der Waals surface area contributed by atoms with E-state index in [0.717, 1.165) is 42.6 Å². The third-order valence-electron chi connectivity index (χ3n) is 3.68. The Hall–Kier alpha value is -1.19. The molecule has 1 N–H and O–H groups in total. The number of β-amino-alcohol motifs (C(OH)–C–C–N with tert-alkyl or cyclic N) is 1. The third-order valence-corrected chi connectivity index (χ3v) is 3.68. The molecule has 0 aliphatic carbocycles. The number of ketones is 1. The molecule has 0 saturated carbocycles. The smallest absolute Gasteiger partial charge is 0.164 e. The van der Waals surface area contributed by atoms with E-state index in [0.29, 0.717) is 13.0 Å². The molecule has 1 saturated heterocycles. The van der Waals surface area contributed by atoms with Crippen LogP contribution in [0.5, 0.6) is 0 Å². The van der Waals surface area contributed by atoms with E-state index in [1.807, 2.05) is 26.0 Å². The average molecular weight is 261 g/mol. The number of hydrogen-bond acceptors (Lipinski definition) is 3. The second kappa shape index (κ2) is 6.31. The molecule has 0 amide bonds. The highest BCUT2D eigenvalue weighted by atomic mass is 16.3. The largest absolute Gasteiger partial charge is 0.392 e. The SMILES string of the molecule is Cc1cc(C)cc(C(=O)CCN2CCCC(O)C2)c1. The Bertz CT molecular complexity index is 436. The maximum atomic E-state index is 12.2. The summed E-state index contributed by atoms with van der Waals surface area (Å²) in [4.78, 5) is 14.4. The minimum absolute atomic E-state index is 0.201. The van der Waals surface area contributed by atoms with E-state index in [1.54, 1.807) is 0 Å². The van der Waals surface area contributed by atoms with Crippen molar-refractivity contribution >= 4 is 5.78 Å². The monoisotopic (exact) mass is 261 g/mol. The topological polar surface area (TPSA) is 40.5 Å². The van der Waals surface area contributed by atoms with Crippen LogP contribution in [0.2, 0.25) is 0 Å². The third kappa shape index (κ3) is 4.15. The van der Waals surface area contributed by atoms with Crippen LogP contribution in [-0.2, 0) is 0 Å². The number of rotatable bonds is 4. The van der Waals surface area contributed by atoms with Gasteiger partial charge >= 0.3 is 0 Å². The van der Waals surface area contributed by atoms with Crippen molar-refractivity contribution in [1.29, 1.82) is 0 Å². The summed E-state index contributed by atoms with van der Waals surface area (Å²) in [5.74, 6) is 0.201. The first-order chi connectivity index (χ1) is 9.04. The number of Topliss-reactive ketones (excluding diaryl/α,β-unsaturated/α-hetero) is 1. The Morgan fingerprint density at radius 2 is 2.00 bits per heavy atom. The fourth-order valence-electron chi connectivity index (χ4n) is 2.77. The number of piperidine rings is 1. The highest BCUT2D eigenvalue weighted by Crippen LogP contribution is 2.13. The fraction of sp³-hybridized carbons (Fsp3) is 0.562.